The molecule has 2 heteroatoms. The van der Waals surface area contributed by atoms with Crippen LogP contribution in [0.1, 0.15) is 34.1 Å². The molecule has 1 fully saturated rings. The van der Waals surface area contributed by atoms with Crippen LogP contribution in [0.3, 0.4) is 0 Å². The molecule has 1 heterocycles. The van der Waals surface area contributed by atoms with Gasteiger partial charge in [-0.2, -0.15) is 0 Å². The van der Waals surface area contributed by atoms with Crippen LogP contribution in [0.4, 0.5) is 0 Å². The average Bonchev–Trinajstić information content (AvgIpc) is 1.97. The molecule has 1 unspecified atom stereocenters. The van der Waals surface area contributed by atoms with Crippen LogP contribution in [0.15, 0.2) is 0 Å². The highest BCUT2D eigenvalue weighted by Gasteiger charge is 2.37. The van der Waals surface area contributed by atoms with Crippen molar-refractivity contribution >= 4 is 0 Å². The maximum absolute atomic E-state index is 5.87. The highest BCUT2D eigenvalue weighted by molar-refractivity contribution is 4.94. The van der Waals surface area contributed by atoms with Gasteiger partial charge in [0.2, 0.25) is 0 Å². The molecule has 78 valence electrons. The number of likely N-dealkylation sites (tertiary alicyclic amines) is 1. The van der Waals surface area contributed by atoms with Crippen molar-refractivity contribution in [1.29, 1.82) is 0 Å². The van der Waals surface area contributed by atoms with Crippen molar-refractivity contribution in [1.82, 2.24) is 4.90 Å². The summed E-state index contributed by atoms with van der Waals surface area (Å²) >= 11 is 0. The molecule has 1 rings (SSSR count). The minimum absolute atomic E-state index is 0.251. The second-order valence-electron chi connectivity index (χ2n) is 5.31. The van der Waals surface area contributed by atoms with Crippen LogP contribution < -0.4 is 5.73 Å². The van der Waals surface area contributed by atoms with Gasteiger partial charge in [0.15, 0.2) is 0 Å². The van der Waals surface area contributed by atoms with Gasteiger partial charge in [-0.1, -0.05) is 20.8 Å². The summed E-state index contributed by atoms with van der Waals surface area (Å²) in [6, 6.07) is 0. The van der Waals surface area contributed by atoms with E-state index < -0.39 is 0 Å². The SMILES string of the molecule is CC(C)CC(C)(CN)N1CC(C)C1. The molecule has 0 spiro atoms. The summed E-state index contributed by atoms with van der Waals surface area (Å²) in [4.78, 5) is 2.54. The number of hydrogen-bond donors (Lipinski definition) is 1. The third-order valence-corrected chi connectivity index (χ3v) is 3.12. The van der Waals surface area contributed by atoms with Crippen molar-refractivity contribution in [2.24, 2.45) is 17.6 Å². The van der Waals surface area contributed by atoms with E-state index in [2.05, 4.69) is 32.6 Å². The fourth-order valence-corrected chi connectivity index (χ4v) is 2.36. The summed E-state index contributed by atoms with van der Waals surface area (Å²) in [6.07, 6.45) is 1.22. The smallest absolute Gasteiger partial charge is 0.0306 e. The highest BCUT2D eigenvalue weighted by atomic mass is 15.3. The molecule has 2 N–H and O–H groups in total. The number of nitrogens with zero attached hydrogens (tertiary/aromatic N) is 1. The van der Waals surface area contributed by atoms with Crippen LogP contribution in [-0.2, 0) is 0 Å². The normalized spacial score (nSPS) is 24.5. The lowest BCUT2D eigenvalue weighted by atomic mass is 9.84. The monoisotopic (exact) mass is 184 g/mol. The minimum atomic E-state index is 0.251. The maximum atomic E-state index is 5.87. The van der Waals surface area contributed by atoms with E-state index in [1.807, 2.05) is 0 Å². The van der Waals surface area contributed by atoms with E-state index in [0.29, 0.717) is 0 Å². The van der Waals surface area contributed by atoms with Crippen LogP contribution in [-0.4, -0.2) is 30.1 Å². The van der Waals surface area contributed by atoms with Crippen molar-refractivity contribution in [2.45, 2.75) is 39.7 Å². The van der Waals surface area contributed by atoms with E-state index in [4.69, 9.17) is 5.73 Å². The Morgan fingerprint density at radius 1 is 1.46 bits per heavy atom. The van der Waals surface area contributed by atoms with Crippen LogP contribution in [0.5, 0.6) is 0 Å². The van der Waals surface area contributed by atoms with Gasteiger partial charge in [-0.3, -0.25) is 4.90 Å². The van der Waals surface area contributed by atoms with Crippen molar-refractivity contribution in [2.75, 3.05) is 19.6 Å². The van der Waals surface area contributed by atoms with Gasteiger partial charge < -0.3 is 5.73 Å². The second-order valence-corrected chi connectivity index (χ2v) is 5.31. The summed E-state index contributed by atoms with van der Waals surface area (Å²) in [5.74, 6) is 1.61. The van der Waals surface area contributed by atoms with Crippen molar-refractivity contribution in [3.05, 3.63) is 0 Å². The zero-order valence-corrected chi connectivity index (χ0v) is 9.51. The lowest BCUT2D eigenvalue weighted by molar-refractivity contribution is -0.00583. The molecule has 1 atom stereocenters. The Balaban J connectivity index is 2.48. The van der Waals surface area contributed by atoms with E-state index in [1.165, 1.54) is 19.5 Å². The first-order valence-electron chi connectivity index (χ1n) is 5.43. The van der Waals surface area contributed by atoms with E-state index in [1.54, 1.807) is 0 Å². The average molecular weight is 184 g/mol. The van der Waals surface area contributed by atoms with Crippen molar-refractivity contribution in [3.63, 3.8) is 0 Å². The molecule has 2 nitrogen and oxygen atoms in total. The molecular formula is C11H24N2. The van der Waals surface area contributed by atoms with Gasteiger partial charge in [-0.05, 0) is 25.2 Å². The predicted octanol–water partition coefficient (Wildman–Crippen LogP) is 1.70. The zero-order valence-electron chi connectivity index (χ0n) is 9.51. The Kier molecular flexibility index (Phi) is 3.36. The standard InChI is InChI=1S/C11H24N2/c1-9(2)5-11(4,8-12)13-6-10(3)7-13/h9-10H,5-8,12H2,1-4H3. The molecule has 0 amide bonds. The molecule has 0 radical (unpaired) electrons. The predicted molar refractivity (Wildman–Crippen MR) is 57.7 cm³/mol. The Morgan fingerprint density at radius 3 is 2.31 bits per heavy atom. The van der Waals surface area contributed by atoms with Gasteiger partial charge in [0.25, 0.3) is 0 Å². The van der Waals surface area contributed by atoms with Gasteiger partial charge in [0, 0.05) is 25.2 Å². The lowest BCUT2D eigenvalue weighted by Gasteiger charge is -2.50. The molecule has 0 saturated carbocycles. The quantitative estimate of drug-likeness (QED) is 0.720. The van der Waals surface area contributed by atoms with Crippen LogP contribution >= 0.6 is 0 Å². The molecule has 0 aromatic heterocycles. The molecule has 0 aliphatic carbocycles. The summed E-state index contributed by atoms with van der Waals surface area (Å²) in [5.41, 5.74) is 6.12. The van der Waals surface area contributed by atoms with Crippen molar-refractivity contribution in [3.8, 4) is 0 Å². The Morgan fingerprint density at radius 2 is 2.00 bits per heavy atom. The van der Waals surface area contributed by atoms with Gasteiger partial charge in [-0.15, -0.1) is 0 Å². The highest BCUT2D eigenvalue weighted by Crippen LogP contribution is 2.29. The first-order valence-corrected chi connectivity index (χ1v) is 5.43. The molecule has 0 aromatic carbocycles. The lowest BCUT2D eigenvalue weighted by Crippen LogP contribution is -2.61. The summed E-state index contributed by atoms with van der Waals surface area (Å²) in [7, 11) is 0. The summed E-state index contributed by atoms with van der Waals surface area (Å²) in [5, 5.41) is 0. The maximum Gasteiger partial charge on any atom is 0.0306 e. The topological polar surface area (TPSA) is 29.3 Å². The first-order chi connectivity index (χ1) is 5.98. The van der Waals surface area contributed by atoms with E-state index in [-0.39, 0.29) is 5.54 Å². The van der Waals surface area contributed by atoms with Crippen LogP contribution in [0, 0.1) is 11.8 Å². The first kappa shape index (κ1) is 11.0. The third kappa shape index (κ3) is 2.44. The Hall–Kier alpha value is -0.0800. The summed E-state index contributed by atoms with van der Waals surface area (Å²) < 4.78 is 0. The van der Waals surface area contributed by atoms with E-state index >= 15 is 0 Å². The molecule has 0 aromatic rings. The molecule has 0 bridgehead atoms. The minimum Gasteiger partial charge on any atom is -0.329 e. The van der Waals surface area contributed by atoms with E-state index in [0.717, 1.165) is 18.4 Å². The Bertz CT molecular complexity index is 161. The fraction of sp³-hybridized carbons (Fsp3) is 1.00. The van der Waals surface area contributed by atoms with Crippen molar-refractivity contribution < 1.29 is 0 Å². The van der Waals surface area contributed by atoms with E-state index in [9.17, 15) is 0 Å². The van der Waals surface area contributed by atoms with Gasteiger partial charge in [0.05, 0.1) is 0 Å². The second kappa shape index (κ2) is 3.97. The zero-order chi connectivity index (χ0) is 10.1. The number of rotatable bonds is 4. The molecule has 1 aliphatic rings. The van der Waals surface area contributed by atoms with Crippen LogP contribution in [0.2, 0.25) is 0 Å². The summed E-state index contributed by atoms with van der Waals surface area (Å²) in [6.45, 7) is 12.4. The number of hydrogen-bond acceptors (Lipinski definition) is 2. The molecule has 1 aliphatic heterocycles. The van der Waals surface area contributed by atoms with Crippen LogP contribution in [0.25, 0.3) is 0 Å². The molecule has 1 saturated heterocycles. The molecule has 13 heavy (non-hydrogen) atoms. The molecular weight excluding hydrogens is 160 g/mol. The largest absolute Gasteiger partial charge is 0.329 e. The Labute approximate surface area is 82.5 Å². The van der Waals surface area contributed by atoms with Gasteiger partial charge in [0.1, 0.15) is 0 Å². The van der Waals surface area contributed by atoms with Gasteiger partial charge in [-0.25, -0.2) is 0 Å². The fourth-order valence-electron chi connectivity index (χ4n) is 2.36. The van der Waals surface area contributed by atoms with Gasteiger partial charge >= 0.3 is 0 Å². The third-order valence-electron chi connectivity index (χ3n) is 3.12. The number of nitrogens with two attached hydrogens (primary N) is 1.